The second kappa shape index (κ2) is 9.62. The lowest BCUT2D eigenvalue weighted by Gasteiger charge is -2.11. The number of amides is 1. The molecular formula is C20H19ClFN5O. The first-order valence-electron chi connectivity index (χ1n) is 8.66. The summed E-state index contributed by atoms with van der Waals surface area (Å²) in [5, 5.41) is 15.4. The zero-order valence-electron chi connectivity index (χ0n) is 15.6. The van der Waals surface area contributed by atoms with Gasteiger partial charge in [-0.05, 0) is 36.8 Å². The van der Waals surface area contributed by atoms with E-state index in [0.717, 1.165) is 5.56 Å². The molecule has 0 fully saturated rings. The van der Waals surface area contributed by atoms with Crippen molar-refractivity contribution in [3.8, 4) is 6.07 Å². The van der Waals surface area contributed by atoms with E-state index in [-0.39, 0.29) is 22.6 Å². The van der Waals surface area contributed by atoms with E-state index in [1.807, 2.05) is 26.8 Å². The molecule has 8 heteroatoms. The first kappa shape index (κ1) is 21.1. The van der Waals surface area contributed by atoms with Crippen molar-refractivity contribution in [2.75, 3.05) is 5.32 Å². The van der Waals surface area contributed by atoms with Gasteiger partial charge in [-0.2, -0.15) is 5.26 Å². The van der Waals surface area contributed by atoms with Gasteiger partial charge in [0.2, 0.25) is 5.82 Å². The van der Waals surface area contributed by atoms with Crippen LogP contribution in [0, 0.1) is 17.1 Å². The van der Waals surface area contributed by atoms with Gasteiger partial charge in [0.05, 0.1) is 28.4 Å². The standard InChI is InChI=1S/C18H13ClFN5O.C2H6/c1-11(13-5-2-4-12(8-13)9-21)25-10-22-17(24-25)18(26)23-15-7-3-6-14(19)16(15)20;1-2/h2-8,10-11H,1H3,(H,23,26);1-2H3. The molecule has 6 nitrogen and oxygen atoms in total. The Kier molecular flexibility index (Phi) is 7.24. The highest BCUT2D eigenvalue weighted by atomic mass is 35.5. The fourth-order valence-corrected chi connectivity index (χ4v) is 2.54. The zero-order valence-corrected chi connectivity index (χ0v) is 16.4. The molecule has 0 saturated heterocycles. The van der Waals surface area contributed by atoms with Gasteiger partial charge in [-0.15, -0.1) is 5.10 Å². The summed E-state index contributed by atoms with van der Waals surface area (Å²) in [4.78, 5) is 16.2. The smallest absolute Gasteiger partial charge is 0.295 e. The average Bonchev–Trinajstić information content (AvgIpc) is 3.23. The van der Waals surface area contributed by atoms with Crippen LogP contribution in [0.5, 0.6) is 0 Å². The van der Waals surface area contributed by atoms with Crippen LogP contribution in [0.3, 0.4) is 0 Å². The Bertz CT molecular complexity index is 1010. The summed E-state index contributed by atoms with van der Waals surface area (Å²) in [6, 6.07) is 13.2. The third-order valence-electron chi connectivity index (χ3n) is 3.81. The van der Waals surface area contributed by atoms with E-state index in [1.54, 1.807) is 18.2 Å². The number of nitriles is 1. The van der Waals surface area contributed by atoms with Gasteiger partial charge in [0.1, 0.15) is 6.33 Å². The second-order valence-corrected chi connectivity index (χ2v) is 5.92. The molecule has 3 aromatic rings. The maximum absolute atomic E-state index is 13.9. The molecule has 0 bridgehead atoms. The van der Waals surface area contributed by atoms with Crippen molar-refractivity contribution >= 4 is 23.2 Å². The lowest BCUT2D eigenvalue weighted by atomic mass is 10.1. The van der Waals surface area contributed by atoms with Crippen LogP contribution in [0.4, 0.5) is 10.1 Å². The van der Waals surface area contributed by atoms with Gasteiger partial charge < -0.3 is 5.32 Å². The Labute approximate surface area is 167 Å². The molecule has 3 rings (SSSR count). The molecule has 28 heavy (non-hydrogen) atoms. The molecule has 0 spiro atoms. The summed E-state index contributed by atoms with van der Waals surface area (Å²) in [6.07, 6.45) is 1.41. The molecule has 0 aliphatic carbocycles. The Morgan fingerprint density at radius 2 is 2.00 bits per heavy atom. The maximum Gasteiger partial charge on any atom is 0.295 e. The van der Waals surface area contributed by atoms with Gasteiger partial charge in [0.15, 0.2) is 5.82 Å². The maximum atomic E-state index is 13.9. The number of hydrogen-bond donors (Lipinski definition) is 1. The Hall–Kier alpha value is -3.24. The van der Waals surface area contributed by atoms with Gasteiger partial charge in [-0.25, -0.2) is 14.1 Å². The minimum absolute atomic E-state index is 0.0476. The van der Waals surface area contributed by atoms with E-state index in [4.69, 9.17) is 16.9 Å². The van der Waals surface area contributed by atoms with Gasteiger partial charge in [0.25, 0.3) is 5.91 Å². The molecule has 2 aromatic carbocycles. The van der Waals surface area contributed by atoms with Gasteiger partial charge in [0, 0.05) is 0 Å². The third kappa shape index (κ3) is 4.72. The van der Waals surface area contributed by atoms with E-state index < -0.39 is 11.7 Å². The fourth-order valence-electron chi connectivity index (χ4n) is 2.36. The van der Waals surface area contributed by atoms with Crippen LogP contribution in [-0.2, 0) is 0 Å². The summed E-state index contributed by atoms with van der Waals surface area (Å²) in [6.45, 7) is 5.86. The van der Waals surface area contributed by atoms with Gasteiger partial charge in [-0.1, -0.05) is 43.6 Å². The Morgan fingerprint density at radius 3 is 2.71 bits per heavy atom. The summed E-state index contributed by atoms with van der Waals surface area (Å²) < 4.78 is 15.4. The molecule has 1 atom stereocenters. The van der Waals surface area contributed by atoms with Crippen molar-refractivity contribution in [2.24, 2.45) is 0 Å². The van der Waals surface area contributed by atoms with E-state index >= 15 is 0 Å². The number of hydrogen-bond acceptors (Lipinski definition) is 4. The number of carbonyl (C=O) groups excluding carboxylic acids is 1. The van der Waals surface area contributed by atoms with E-state index in [1.165, 1.54) is 29.2 Å². The van der Waals surface area contributed by atoms with Crippen molar-refractivity contribution in [2.45, 2.75) is 26.8 Å². The zero-order chi connectivity index (χ0) is 20.7. The van der Waals surface area contributed by atoms with Crippen LogP contribution in [0.2, 0.25) is 5.02 Å². The van der Waals surface area contributed by atoms with Gasteiger partial charge in [-0.3, -0.25) is 4.79 Å². The first-order chi connectivity index (χ1) is 13.5. The lowest BCUT2D eigenvalue weighted by molar-refractivity contribution is 0.101. The normalized spacial score (nSPS) is 11.0. The summed E-state index contributed by atoms with van der Waals surface area (Å²) >= 11 is 5.70. The number of nitrogens with zero attached hydrogens (tertiary/aromatic N) is 4. The largest absolute Gasteiger partial charge is 0.317 e. The summed E-state index contributed by atoms with van der Waals surface area (Å²) in [5.74, 6) is -1.47. The highest BCUT2D eigenvalue weighted by Gasteiger charge is 2.17. The molecule has 1 heterocycles. The number of aromatic nitrogens is 3. The predicted octanol–water partition coefficient (Wildman–Crippen LogP) is 4.83. The lowest BCUT2D eigenvalue weighted by Crippen LogP contribution is -2.16. The van der Waals surface area contributed by atoms with Crippen LogP contribution in [0.1, 0.15) is 48.6 Å². The molecule has 0 radical (unpaired) electrons. The van der Waals surface area contributed by atoms with Crippen molar-refractivity contribution in [3.05, 3.63) is 76.6 Å². The van der Waals surface area contributed by atoms with Crippen molar-refractivity contribution in [1.82, 2.24) is 14.8 Å². The number of nitrogens with one attached hydrogen (secondary N) is 1. The molecular weight excluding hydrogens is 381 g/mol. The van der Waals surface area contributed by atoms with Crippen LogP contribution in [-0.4, -0.2) is 20.7 Å². The predicted molar refractivity (Wildman–Crippen MR) is 106 cm³/mol. The molecule has 144 valence electrons. The van der Waals surface area contributed by atoms with Crippen molar-refractivity contribution in [1.29, 1.82) is 5.26 Å². The first-order valence-corrected chi connectivity index (χ1v) is 9.04. The minimum atomic E-state index is -0.719. The van der Waals surface area contributed by atoms with E-state index in [2.05, 4.69) is 21.5 Å². The Balaban J connectivity index is 0.00000136. The van der Waals surface area contributed by atoms with Gasteiger partial charge >= 0.3 is 0 Å². The average molecular weight is 400 g/mol. The SMILES string of the molecule is CC.CC(c1cccc(C#N)c1)n1cnc(C(=O)Nc2cccc(Cl)c2F)n1. The fraction of sp³-hybridized carbons (Fsp3) is 0.200. The van der Waals surface area contributed by atoms with Crippen LogP contribution >= 0.6 is 11.6 Å². The van der Waals surface area contributed by atoms with Crippen LogP contribution < -0.4 is 5.32 Å². The quantitative estimate of drug-likeness (QED) is 0.681. The third-order valence-corrected chi connectivity index (χ3v) is 4.10. The number of halogens is 2. The summed E-state index contributed by atoms with van der Waals surface area (Å²) in [5.41, 5.74) is 1.33. The van der Waals surface area contributed by atoms with Crippen molar-refractivity contribution < 1.29 is 9.18 Å². The number of anilines is 1. The topological polar surface area (TPSA) is 83.6 Å². The summed E-state index contributed by atoms with van der Waals surface area (Å²) in [7, 11) is 0. The molecule has 1 N–H and O–H groups in total. The number of rotatable bonds is 4. The number of carbonyl (C=O) groups is 1. The minimum Gasteiger partial charge on any atom is -0.317 e. The molecule has 0 saturated carbocycles. The monoisotopic (exact) mass is 399 g/mol. The van der Waals surface area contributed by atoms with E-state index in [0.29, 0.717) is 5.56 Å². The molecule has 1 aromatic heterocycles. The molecule has 0 aliphatic heterocycles. The Morgan fingerprint density at radius 1 is 1.29 bits per heavy atom. The molecule has 0 aliphatic rings. The number of benzene rings is 2. The van der Waals surface area contributed by atoms with Crippen LogP contribution in [0.15, 0.2) is 48.8 Å². The van der Waals surface area contributed by atoms with Crippen molar-refractivity contribution in [3.63, 3.8) is 0 Å². The highest BCUT2D eigenvalue weighted by molar-refractivity contribution is 6.31. The molecule has 1 unspecified atom stereocenters. The molecule has 1 amide bonds. The van der Waals surface area contributed by atoms with E-state index in [9.17, 15) is 9.18 Å². The van der Waals surface area contributed by atoms with Crippen LogP contribution in [0.25, 0.3) is 0 Å². The highest BCUT2D eigenvalue weighted by Crippen LogP contribution is 2.22. The second-order valence-electron chi connectivity index (χ2n) is 5.52.